The molecular formula is C22H24N2O8. The van der Waals surface area contributed by atoms with Gasteiger partial charge in [0.1, 0.15) is 6.61 Å². The monoisotopic (exact) mass is 444 g/mol. The molecule has 0 heterocycles. The maximum Gasteiger partial charge on any atom is 0.338 e. The number of carbonyl (C=O) groups excluding carboxylic acids is 3. The first-order chi connectivity index (χ1) is 15.4. The molecule has 0 atom stereocenters. The molecule has 170 valence electrons. The van der Waals surface area contributed by atoms with E-state index in [0.29, 0.717) is 23.0 Å². The highest BCUT2D eigenvalue weighted by Gasteiger charge is 2.15. The van der Waals surface area contributed by atoms with E-state index in [9.17, 15) is 14.4 Å². The Morgan fingerprint density at radius 1 is 0.844 bits per heavy atom. The third kappa shape index (κ3) is 6.39. The standard InChI is InChI=1S/C22H24N2O8/c1-5-10-31-17-9-7-15(12-19(17)30-4)22(27)32-13-20(25)23-24-21(26)14-6-8-16(28-2)18(11-14)29-3/h5-9,11-12H,1,10,13H2,2-4H3,(H,23,25)(H,24,26). The molecule has 0 radical (unpaired) electrons. The highest BCUT2D eigenvalue weighted by molar-refractivity contribution is 5.96. The molecule has 0 spiro atoms. The van der Waals surface area contributed by atoms with Crippen LogP contribution in [0.2, 0.25) is 0 Å². The molecule has 10 nitrogen and oxygen atoms in total. The van der Waals surface area contributed by atoms with E-state index in [1.165, 1.54) is 45.6 Å². The van der Waals surface area contributed by atoms with Gasteiger partial charge in [0.2, 0.25) is 0 Å². The van der Waals surface area contributed by atoms with Gasteiger partial charge < -0.3 is 23.7 Å². The summed E-state index contributed by atoms with van der Waals surface area (Å²) in [5, 5.41) is 0. The number of esters is 1. The van der Waals surface area contributed by atoms with Crippen molar-refractivity contribution >= 4 is 17.8 Å². The number of carbonyl (C=O) groups is 3. The Labute approximate surface area is 185 Å². The number of ether oxygens (including phenoxy) is 5. The summed E-state index contributed by atoms with van der Waals surface area (Å²) in [6.45, 7) is 3.23. The normalized spacial score (nSPS) is 9.84. The van der Waals surface area contributed by atoms with Crippen molar-refractivity contribution in [2.24, 2.45) is 0 Å². The van der Waals surface area contributed by atoms with Gasteiger partial charge in [-0.3, -0.25) is 20.4 Å². The van der Waals surface area contributed by atoms with E-state index in [0.717, 1.165) is 0 Å². The van der Waals surface area contributed by atoms with Crippen LogP contribution < -0.4 is 29.8 Å². The molecule has 0 bridgehead atoms. The van der Waals surface area contributed by atoms with E-state index in [1.807, 2.05) is 0 Å². The fraction of sp³-hybridized carbons (Fsp3) is 0.227. The number of nitrogens with one attached hydrogen (secondary N) is 2. The topological polar surface area (TPSA) is 121 Å². The van der Waals surface area contributed by atoms with Crippen molar-refractivity contribution < 1.29 is 38.1 Å². The minimum absolute atomic E-state index is 0.162. The van der Waals surface area contributed by atoms with Gasteiger partial charge in [-0.2, -0.15) is 0 Å². The van der Waals surface area contributed by atoms with Gasteiger partial charge in [-0.1, -0.05) is 12.7 Å². The molecule has 0 fully saturated rings. The summed E-state index contributed by atoms with van der Waals surface area (Å²) in [6.07, 6.45) is 1.57. The van der Waals surface area contributed by atoms with Crippen LogP contribution >= 0.6 is 0 Å². The van der Waals surface area contributed by atoms with Crippen LogP contribution in [0.1, 0.15) is 20.7 Å². The van der Waals surface area contributed by atoms with Crippen LogP contribution in [0, 0.1) is 0 Å². The zero-order chi connectivity index (χ0) is 23.5. The summed E-state index contributed by atoms with van der Waals surface area (Å²) in [7, 11) is 4.34. The number of hydrogen-bond acceptors (Lipinski definition) is 8. The number of amides is 2. The van der Waals surface area contributed by atoms with E-state index in [2.05, 4.69) is 17.4 Å². The van der Waals surface area contributed by atoms with E-state index < -0.39 is 24.4 Å². The SMILES string of the molecule is C=CCOc1ccc(C(=O)OCC(=O)NNC(=O)c2ccc(OC)c(OC)c2)cc1OC. The number of benzene rings is 2. The smallest absolute Gasteiger partial charge is 0.338 e. The maximum absolute atomic E-state index is 12.2. The highest BCUT2D eigenvalue weighted by Crippen LogP contribution is 2.28. The van der Waals surface area contributed by atoms with Crippen molar-refractivity contribution in [3.05, 3.63) is 60.2 Å². The molecule has 0 aliphatic rings. The van der Waals surface area contributed by atoms with Crippen molar-refractivity contribution in [1.29, 1.82) is 0 Å². The van der Waals surface area contributed by atoms with Crippen molar-refractivity contribution in [2.45, 2.75) is 0 Å². The molecule has 0 saturated heterocycles. The van der Waals surface area contributed by atoms with E-state index in [1.54, 1.807) is 18.2 Å². The Balaban J connectivity index is 1.88. The van der Waals surface area contributed by atoms with E-state index >= 15 is 0 Å². The van der Waals surface area contributed by atoms with Gasteiger partial charge in [-0.25, -0.2) is 4.79 Å². The van der Waals surface area contributed by atoms with Crippen molar-refractivity contribution in [3.63, 3.8) is 0 Å². The molecule has 0 unspecified atom stereocenters. The van der Waals surface area contributed by atoms with Crippen LogP contribution in [0.5, 0.6) is 23.0 Å². The molecule has 0 aliphatic carbocycles. The van der Waals surface area contributed by atoms with Crippen LogP contribution in [0.25, 0.3) is 0 Å². The Bertz CT molecular complexity index is 990. The van der Waals surface area contributed by atoms with Gasteiger partial charge in [0.05, 0.1) is 26.9 Å². The van der Waals surface area contributed by atoms with Gasteiger partial charge in [0.15, 0.2) is 29.6 Å². The molecule has 0 saturated carbocycles. The van der Waals surface area contributed by atoms with Crippen molar-refractivity contribution in [2.75, 3.05) is 34.5 Å². The summed E-state index contributed by atoms with van der Waals surface area (Å²) in [4.78, 5) is 36.3. The van der Waals surface area contributed by atoms with Crippen LogP contribution in [0.15, 0.2) is 49.1 Å². The number of methoxy groups -OCH3 is 3. The first kappa shape index (κ1) is 24.1. The Kier molecular flexibility index (Phi) is 8.91. The predicted octanol–water partition coefficient (Wildman–Crippen LogP) is 1.90. The van der Waals surface area contributed by atoms with Crippen molar-refractivity contribution in [1.82, 2.24) is 10.9 Å². The maximum atomic E-state index is 12.2. The van der Waals surface area contributed by atoms with Crippen molar-refractivity contribution in [3.8, 4) is 23.0 Å². The minimum Gasteiger partial charge on any atom is -0.493 e. The quantitative estimate of drug-likeness (QED) is 0.324. The van der Waals surface area contributed by atoms with Gasteiger partial charge >= 0.3 is 5.97 Å². The third-order valence-corrected chi connectivity index (χ3v) is 4.05. The summed E-state index contributed by atoms with van der Waals surface area (Å²) in [6, 6.07) is 8.95. The van der Waals surface area contributed by atoms with Gasteiger partial charge in [-0.05, 0) is 36.4 Å². The second-order valence-electron chi connectivity index (χ2n) is 6.11. The van der Waals surface area contributed by atoms with E-state index in [4.69, 9.17) is 23.7 Å². The molecule has 2 aromatic carbocycles. The van der Waals surface area contributed by atoms with Gasteiger partial charge in [0, 0.05) is 5.56 Å². The molecule has 2 rings (SSSR count). The Hall–Kier alpha value is -4.21. The first-order valence-corrected chi connectivity index (χ1v) is 9.33. The zero-order valence-electron chi connectivity index (χ0n) is 17.9. The average Bonchev–Trinajstić information content (AvgIpc) is 2.83. The Morgan fingerprint density at radius 2 is 1.44 bits per heavy atom. The van der Waals surface area contributed by atoms with E-state index in [-0.39, 0.29) is 17.7 Å². The second-order valence-corrected chi connectivity index (χ2v) is 6.11. The summed E-state index contributed by atoms with van der Waals surface area (Å²) >= 11 is 0. The lowest BCUT2D eigenvalue weighted by Gasteiger charge is -2.12. The van der Waals surface area contributed by atoms with Crippen LogP contribution in [-0.2, 0) is 9.53 Å². The molecule has 32 heavy (non-hydrogen) atoms. The summed E-state index contributed by atoms with van der Waals surface area (Å²) < 4.78 is 25.8. The first-order valence-electron chi connectivity index (χ1n) is 9.33. The minimum atomic E-state index is -0.750. The third-order valence-electron chi connectivity index (χ3n) is 4.05. The predicted molar refractivity (Wildman–Crippen MR) is 114 cm³/mol. The lowest BCUT2D eigenvalue weighted by molar-refractivity contribution is -0.125. The van der Waals surface area contributed by atoms with Crippen LogP contribution in [-0.4, -0.2) is 52.3 Å². The molecule has 2 amide bonds. The van der Waals surface area contributed by atoms with Crippen LogP contribution in [0.4, 0.5) is 0 Å². The fourth-order valence-electron chi connectivity index (χ4n) is 2.49. The average molecular weight is 444 g/mol. The van der Waals surface area contributed by atoms with Crippen LogP contribution in [0.3, 0.4) is 0 Å². The van der Waals surface area contributed by atoms with Gasteiger partial charge in [-0.15, -0.1) is 0 Å². The molecule has 2 N–H and O–H groups in total. The summed E-state index contributed by atoms with van der Waals surface area (Å²) in [5.41, 5.74) is 4.78. The highest BCUT2D eigenvalue weighted by atomic mass is 16.5. The molecule has 10 heteroatoms. The zero-order valence-corrected chi connectivity index (χ0v) is 17.9. The summed E-state index contributed by atoms with van der Waals surface area (Å²) in [5.74, 6) is -0.503. The molecule has 0 aromatic heterocycles. The Morgan fingerprint density at radius 3 is 2.09 bits per heavy atom. The largest absolute Gasteiger partial charge is 0.493 e. The lowest BCUT2D eigenvalue weighted by Crippen LogP contribution is -2.43. The fourth-order valence-corrected chi connectivity index (χ4v) is 2.49. The second kappa shape index (κ2) is 11.8. The number of hydrogen-bond donors (Lipinski definition) is 2. The molecule has 0 aliphatic heterocycles. The number of rotatable bonds is 10. The number of hydrazine groups is 1. The molecule has 2 aromatic rings. The molecular weight excluding hydrogens is 420 g/mol. The van der Waals surface area contributed by atoms with Gasteiger partial charge in [0.25, 0.3) is 11.8 Å². The lowest BCUT2D eigenvalue weighted by atomic mass is 10.2.